The zero-order chi connectivity index (χ0) is 16.2. The van der Waals surface area contributed by atoms with Crippen molar-refractivity contribution in [1.29, 1.82) is 0 Å². The number of aromatic nitrogens is 2. The lowest BCUT2D eigenvalue weighted by Gasteiger charge is -2.35. The summed E-state index contributed by atoms with van der Waals surface area (Å²) >= 11 is 1.67. The van der Waals surface area contributed by atoms with Crippen molar-refractivity contribution in [2.75, 3.05) is 20.1 Å². The van der Waals surface area contributed by atoms with Crippen molar-refractivity contribution in [3.63, 3.8) is 0 Å². The molecule has 0 spiro atoms. The maximum atomic E-state index is 11.0. The zero-order valence-electron chi connectivity index (χ0n) is 13.1. The largest absolute Gasteiger partial charge is 0.465 e. The zero-order valence-corrected chi connectivity index (χ0v) is 13.9. The van der Waals surface area contributed by atoms with Crippen LogP contribution in [0, 0.1) is 0 Å². The number of thiazole rings is 1. The van der Waals surface area contributed by atoms with E-state index in [-0.39, 0.29) is 6.04 Å². The van der Waals surface area contributed by atoms with Crippen LogP contribution in [0.2, 0.25) is 0 Å². The van der Waals surface area contributed by atoms with E-state index in [1.165, 1.54) is 9.78 Å². The summed E-state index contributed by atoms with van der Waals surface area (Å²) in [4.78, 5) is 24.8. The number of nitrogens with zero attached hydrogens (tertiary/aromatic N) is 4. The highest BCUT2D eigenvalue weighted by molar-refractivity contribution is 7.14. The van der Waals surface area contributed by atoms with Crippen molar-refractivity contribution in [3.05, 3.63) is 35.5 Å². The van der Waals surface area contributed by atoms with E-state index in [0.29, 0.717) is 0 Å². The van der Waals surface area contributed by atoms with Crippen molar-refractivity contribution in [2.24, 2.45) is 0 Å². The van der Waals surface area contributed by atoms with Gasteiger partial charge in [-0.25, -0.2) is 9.78 Å². The topological polar surface area (TPSA) is 69.6 Å². The fourth-order valence-electron chi connectivity index (χ4n) is 2.83. The predicted molar refractivity (Wildman–Crippen MR) is 89.4 cm³/mol. The van der Waals surface area contributed by atoms with E-state index >= 15 is 0 Å². The first-order valence-corrected chi connectivity index (χ1v) is 8.49. The minimum absolute atomic E-state index is 0.134. The summed E-state index contributed by atoms with van der Waals surface area (Å²) in [5.41, 5.74) is 0.908. The fourth-order valence-corrected chi connectivity index (χ4v) is 3.76. The molecule has 1 fully saturated rings. The molecule has 3 rings (SSSR count). The van der Waals surface area contributed by atoms with E-state index in [9.17, 15) is 4.79 Å². The molecule has 0 bridgehead atoms. The first kappa shape index (κ1) is 15.9. The lowest BCUT2D eigenvalue weighted by atomic mass is 10.0. The molecule has 0 atom stereocenters. The molecule has 0 unspecified atom stereocenters. The third-order valence-electron chi connectivity index (χ3n) is 4.22. The number of carboxylic acid groups (broad SMARTS) is 1. The highest BCUT2D eigenvalue weighted by Gasteiger charge is 2.25. The third kappa shape index (κ3) is 3.86. The van der Waals surface area contributed by atoms with Crippen LogP contribution in [0.25, 0.3) is 10.7 Å². The van der Waals surface area contributed by atoms with Crippen LogP contribution in [-0.2, 0) is 6.54 Å². The maximum absolute atomic E-state index is 11.0. The van der Waals surface area contributed by atoms with Crippen LogP contribution in [0.5, 0.6) is 0 Å². The molecule has 23 heavy (non-hydrogen) atoms. The first-order chi connectivity index (χ1) is 11.1. The molecular weight excluding hydrogens is 312 g/mol. The van der Waals surface area contributed by atoms with Crippen LogP contribution in [0.1, 0.15) is 17.7 Å². The summed E-state index contributed by atoms with van der Waals surface area (Å²) < 4.78 is 0. The van der Waals surface area contributed by atoms with Crippen LogP contribution < -0.4 is 0 Å². The molecule has 1 aliphatic rings. The normalized spacial score (nSPS) is 16.4. The van der Waals surface area contributed by atoms with Gasteiger partial charge in [-0.1, -0.05) is 6.07 Å². The van der Waals surface area contributed by atoms with E-state index in [1.807, 2.05) is 24.4 Å². The smallest absolute Gasteiger partial charge is 0.407 e. The van der Waals surface area contributed by atoms with Gasteiger partial charge < -0.3 is 10.0 Å². The Balaban J connectivity index is 1.55. The molecule has 122 valence electrons. The molecule has 0 aromatic carbocycles. The molecule has 3 heterocycles. The number of likely N-dealkylation sites (tertiary alicyclic amines) is 1. The van der Waals surface area contributed by atoms with Gasteiger partial charge in [0.05, 0.1) is 5.69 Å². The molecule has 0 saturated carbocycles. The van der Waals surface area contributed by atoms with Crippen LogP contribution in [0.3, 0.4) is 0 Å². The van der Waals surface area contributed by atoms with Gasteiger partial charge >= 0.3 is 6.09 Å². The Morgan fingerprint density at radius 2 is 2.17 bits per heavy atom. The highest BCUT2D eigenvalue weighted by Crippen LogP contribution is 2.25. The fraction of sp³-hybridized carbons (Fsp3) is 0.438. The summed E-state index contributed by atoms with van der Waals surface area (Å²) in [6.07, 6.45) is 4.62. The molecule has 0 aliphatic carbocycles. The van der Waals surface area contributed by atoms with Gasteiger partial charge in [0.25, 0.3) is 0 Å². The van der Waals surface area contributed by atoms with E-state index < -0.39 is 6.09 Å². The minimum Gasteiger partial charge on any atom is -0.465 e. The van der Waals surface area contributed by atoms with Gasteiger partial charge in [0, 0.05) is 50.0 Å². The Morgan fingerprint density at radius 3 is 2.83 bits per heavy atom. The Morgan fingerprint density at radius 1 is 1.39 bits per heavy atom. The maximum Gasteiger partial charge on any atom is 0.407 e. The second kappa shape index (κ2) is 7.06. The van der Waals surface area contributed by atoms with E-state index in [2.05, 4.69) is 14.9 Å². The van der Waals surface area contributed by atoms with Gasteiger partial charge in [-0.05, 0) is 25.0 Å². The highest BCUT2D eigenvalue weighted by atomic mass is 32.1. The Hall–Kier alpha value is -1.99. The standard InChI is InChI=1S/C16H20N4O2S/c1-19(16(21)22)12-5-8-20(9-6-12)11-13-10-18-15(23-13)14-4-2-3-7-17-14/h2-4,7,10,12H,5-6,8-9,11H2,1H3,(H,21,22). The van der Waals surface area contributed by atoms with Gasteiger partial charge in [0.2, 0.25) is 0 Å². The Labute approximate surface area is 139 Å². The molecule has 6 nitrogen and oxygen atoms in total. The molecule has 1 amide bonds. The number of piperidine rings is 1. The molecule has 2 aromatic heterocycles. The third-order valence-corrected chi connectivity index (χ3v) is 5.23. The number of rotatable bonds is 4. The van der Waals surface area contributed by atoms with Crippen molar-refractivity contribution in [1.82, 2.24) is 19.8 Å². The quantitative estimate of drug-likeness (QED) is 0.932. The molecule has 1 aliphatic heterocycles. The lowest BCUT2D eigenvalue weighted by Crippen LogP contribution is -2.44. The Kier molecular flexibility index (Phi) is 4.88. The average Bonchev–Trinajstić information content (AvgIpc) is 3.04. The summed E-state index contributed by atoms with van der Waals surface area (Å²) in [5.74, 6) is 0. The van der Waals surface area contributed by atoms with Crippen LogP contribution >= 0.6 is 11.3 Å². The predicted octanol–water partition coefficient (Wildman–Crippen LogP) is 2.78. The molecule has 0 radical (unpaired) electrons. The SMILES string of the molecule is CN(C(=O)O)C1CCN(Cc2cnc(-c3ccccn3)s2)CC1. The number of pyridine rings is 1. The van der Waals surface area contributed by atoms with E-state index in [0.717, 1.165) is 43.2 Å². The molecule has 1 saturated heterocycles. The lowest BCUT2D eigenvalue weighted by molar-refractivity contribution is 0.103. The van der Waals surface area contributed by atoms with Crippen molar-refractivity contribution in [2.45, 2.75) is 25.4 Å². The van der Waals surface area contributed by atoms with Crippen LogP contribution in [0.4, 0.5) is 4.79 Å². The number of carbonyl (C=O) groups is 1. The Bertz CT molecular complexity index is 653. The first-order valence-electron chi connectivity index (χ1n) is 7.67. The van der Waals surface area contributed by atoms with Gasteiger partial charge in [0.15, 0.2) is 0 Å². The monoisotopic (exact) mass is 332 g/mol. The number of hydrogen-bond donors (Lipinski definition) is 1. The van der Waals surface area contributed by atoms with Gasteiger partial charge in [-0.2, -0.15) is 0 Å². The average molecular weight is 332 g/mol. The minimum atomic E-state index is -0.842. The summed E-state index contributed by atoms with van der Waals surface area (Å²) in [7, 11) is 1.66. The van der Waals surface area contributed by atoms with E-state index in [1.54, 1.807) is 24.6 Å². The summed E-state index contributed by atoms with van der Waals surface area (Å²) in [6, 6.07) is 5.97. The number of amides is 1. The van der Waals surface area contributed by atoms with Crippen LogP contribution in [0.15, 0.2) is 30.6 Å². The van der Waals surface area contributed by atoms with Gasteiger partial charge in [-0.3, -0.25) is 9.88 Å². The van der Waals surface area contributed by atoms with Gasteiger partial charge in [-0.15, -0.1) is 11.3 Å². The van der Waals surface area contributed by atoms with E-state index in [4.69, 9.17) is 5.11 Å². The number of hydrogen-bond acceptors (Lipinski definition) is 5. The second-order valence-electron chi connectivity index (χ2n) is 5.75. The summed E-state index contributed by atoms with van der Waals surface area (Å²) in [5, 5.41) is 9.99. The summed E-state index contributed by atoms with van der Waals surface area (Å²) in [6.45, 7) is 2.70. The van der Waals surface area contributed by atoms with Crippen molar-refractivity contribution < 1.29 is 9.90 Å². The second-order valence-corrected chi connectivity index (χ2v) is 6.86. The van der Waals surface area contributed by atoms with Gasteiger partial charge in [0.1, 0.15) is 5.01 Å². The molecule has 2 aromatic rings. The molecule has 1 N–H and O–H groups in total. The van der Waals surface area contributed by atoms with Crippen molar-refractivity contribution >= 4 is 17.4 Å². The molecule has 7 heteroatoms. The van der Waals surface area contributed by atoms with Crippen molar-refractivity contribution in [3.8, 4) is 10.7 Å². The molecular formula is C16H20N4O2S. The van der Waals surface area contributed by atoms with Crippen LogP contribution in [-0.4, -0.2) is 57.1 Å².